The Morgan fingerprint density at radius 2 is 2.11 bits per heavy atom. The van der Waals surface area contributed by atoms with Crippen molar-refractivity contribution in [3.63, 3.8) is 0 Å². The molecule has 1 aromatic carbocycles. The van der Waals surface area contributed by atoms with Crippen LogP contribution < -0.4 is 15.0 Å². The summed E-state index contributed by atoms with van der Waals surface area (Å²) >= 11 is 6.15. The minimum atomic E-state index is -0.118. The van der Waals surface area contributed by atoms with Crippen molar-refractivity contribution in [2.45, 2.75) is 12.8 Å². The monoisotopic (exact) mass is 397 g/mol. The van der Waals surface area contributed by atoms with Crippen LogP contribution in [0.4, 0.5) is 11.4 Å². The third-order valence-corrected chi connectivity index (χ3v) is 5.18. The Hall–Kier alpha value is -2.93. The van der Waals surface area contributed by atoms with E-state index in [1.807, 2.05) is 6.07 Å². The molecule has 0 saturated carbocycles. The molecule has 8 heteroatoms. The molecule has 1 N–H and O–H groups in total. The summed E-state index contributed by atoms with van der Waals surface area (Å²) in [6.07, 6.45) is 6.84. The van der Waals surface area contributed by atoms with Crippen molar-refractivity contribution >= 4 is 40.0 Å². The summed E-state index contributed by atoms with van der Waals surface area (Å²) in [5.74, 6) is 0.446. The van der Waals surface area contributed by atoms with Gasteiger partial charge in [0.05, 0.1) is 29.9 Å². The highest BCUT2D eigenvalue weighted by Gasteiger charge is 2.26. The quantitative estimate of drug-likeness (QED) is 0.725. The number of pyridine rings is 1. The van der Waals surface area contributed by atoms with Crippen LogP contribution in [0.3, 0.4) is 0 Å². The topological polar surface area (TPSA) is 80.2 Å². The van der Waals surface area contributed by atoms with Gasteiger partial charge in [-0.25, -0.2) is 9.97 Å². The second-order valence-corrected chi connectivity index (χ2v) is 7.12. The Balaban J connectivity index is 1.46. The average molecular weight is 398 g/mol. The fourth-order valence-corrected chi connectivity index (χ4v) is 3.69. The maximum Gasteiger partial charge on any atom is 0.229 e. The summed E-state index contributed by atoms with van der Waals surface area (Å²) in [5.41, 5.74) is 2.99. The Bertz CT molecular complexity index is 1010. The van der Waals surface area contributed by atoms with Gasteiger partial charge in [-0.15, -0.1) is 0 Å². The number of carbonyl (C=O) groups is 1. The van der Waals surface area contributed by atoms with Crippen LogP contribution in [-0.4, -0.2) is 41.1 Å². The number of carbonyl (C=O) groups excluding carboxylic acids is 1. The van der Waals surface area contributed by atoms with Crippen LogP contribution in [0.2, 0.25) is 5.02 Å². The normalized spacial score (nSPS) is 16.8. The molecule has 3 heterocycles. The van der Waals surface area contributed by atoms with E-state index < -0.39 is 0 Å². The molecule has 0 bridgehead atoms. The zero-order chi connectivity index (χ0) is 19.5. The summed E-state index contributed by atoms with van der Waals surface area (Å²) in [7, 11) is 1.56. The number of amides is 1. The average Bonchev–Trinajstić information content (AvgIpc) is 2.73. The second kappa shape index (κ2) is 7.98. The molecule has 1 atom stereocenters. The summed E-state index contributed by atoms with van der Waals surface area (Å²) in [6.45, 7) is 1.51. The number of halogens is 1. The molecule has 1 aliphatic rings. The second-order valence-electron chi connectivity index (χ2n) is 6.72. The number of benzene rings is 1. The summed E-state index contributed by atoms with van der Waals surface area (Å²) in [5, 5.41) is 3.43. The van der Waals surface area contributed by atoms with Gasteiger partial charge in [0.25, 0.3) is 0 Å². The molecule has 1 aliphatic heterocycles. The molecule has 1 saturated heterocycles. The first kappa shape index (κ1) is 18.4. The SMILES string of the molecule is COc1ccc(NC(=O)[C@@H]2CCCN(c3cnc4nccnc4c3)C2)cc1Cl. The largest absolute Gasteiger partial charge is 0.495 e. The van der Waals surface area contributed by atoms with Gasteiger partial charge in [0.15, 0.2) is 5.65 Å². The van der Waals surface area contributed by atoms with Crippen molar-refractivity contribution in [1.82, 2.24) is 15.0 Å². The maximum atomic E-state index is 12.8. The first-order valence-corrected chi connectivity index (χ1v) is 9.48. The van der Waals surface area contributed by atoms with Gasteiger partial charge in [-0.05, 0) is 37.1 Å². The van der Waals surface area contributed by atoms with Crippen molar-refractivity contribution in [2.75, 3.05) is 30.4 Å². The fraction of sp³-hybridized carbons (Fsp3) is 0.300. The van der Waals surface area contributed by atoms with Gasteiger partial charge in [-0.2, -0.15) is 0 Å². The maximum absolute atomic E-state index is 12.8. The third kappa shape index (κ3) is 3.84. The van der Waals surface area contributed by atoms with E-state index in [0.717, 1.165) is 30.6 Å². The molecular formula is C20H20ClN5O2. The van der Waals surface area contributed by atoms with E-state index in [0.29, 0.717) is 28.7 Å². The van der Waals surface area contributed by atoms with Gasteiger partial charge in [0.1, 0.15) is 11.3 Å². The van der Waals surface area contributed by atoms with Gasteiger partial charge >= 0.3 is 0 Å². The molecule has 1 fully saturated rings. The molecule has 3 aromatic rings. The van der Waals surface area contributed by atoms with Crippen LogP contribution in [-0.2, 0) is 4.79 Å². The lowest BCUT2D eigenvalue weighted by atomic mass is 9.96. The van der Waals surface area contributed by atoms with Crippen molar-refractivity contribution in [2.24, 2.45) is 5.92 Å². The van der Waals surface area contributed by atoms with Crippen LogP contribution in [0.25, 0.3) is 11.2 Å². The van der Waals surface area contributed by atoms with Crippen LogP contribution in [0.1, 0.15) is 12.8 Å². The van der Waals surface area contributed by atoms with Gasteiger partial charge in [-0.3, -0.25) is 9.78 Å². The van der Waals surface area contributed by atoms with E-state index in [2.05, 4.69) is 25.2 Å². The highest BCUT2D eigenvalue weighted by atomic mass is 35.5. The summed E-state index contributed by atoms with van der Waals surface area (Å²) in [6, 6.07) is 7.20. The molecule has 1 amide bonds. The Kier molecular flexibility index (Phi) is 5.25. The van der Waals surface area contributed by atoms with E-state index in [1.54, 1.807) is 43.9 Å². The lowest BCUT2D eigenvalue weighted by Crippen LogP contribution is -2.40. The van der Waals surface area contributed by atoms with Gasteiger partial charge in [0, 0.05) is 31.2 Å². The molecule has 7 nitrogen and oxygen atoms in total. The molecule has 0 radical (unpaired) electrons. The molecule has 0 unspecified atom stereocenters. The predicted molar refractivity (Wildman–Crippen MR) is 109 cm³/mol. The predicted octanol–water partition coefficient (Wildman–Crippen LogP) is 3.54. The van der Waals surface area contributed by atoms with Crippen molar-refractivity contribution in [3.05, 3.63) is 47.9 Å². The first-order chi connectivity index (χ1) is 13.6. The van der Waals surface area contributed by atoms with Crippen LogP contribution in [0.5, 0.6) is 5.75 Å². The molecule has 2 aromatic heterocycles. The number of ether oxygens (including phenoxy) is 1. The number of fused-ring (bicyclic) bond motifs is 1. The minimum Gasteiger partial charge on any atom is -0.495 e. The highest BCUT2D eigenvalue weighted by molar-refractivity contribution is 6.32. The number of anilines is 2. The number of hydrogen-bond acceptors (Lipinski definition) is 6. The standard InChI is InChI=1S/C20H20ClN5O2/c1-28-18-5-4-14(9-16(18)21)25-20(27)13-3-2-8-26(12-13)15-10-17-19(24-11-15)23-7-6-22-17/h4-7,9-11,13H,2-3,8,12H2,1H3,(H,25,27)/t13-/m1/s1. The minimum absolute atomic E-state index is 0.0144. The number of rotatable bonds is 4. The number of nitrogens with zero attached hydrogens (tertiary/aromatic N) is 4. The van der Waals surface area contributed by atoms with Gasteiger partial charge < -0.3 is 15.0 Å². The van der Waals surface area contributed by atoms with E-state index in [-0.39, 0.29) is 11.8 Å². The van der Waals surface area contributed by atoms with Crippen LogP contribution in [0.15, 0.2) is 42.9 Å². The zero-order valence-corrected chi connectivity index (χ0v) is 16.2. The highest BCUT2D eigenvalue weighted by Crippen LogP contribution is 2.29. The van der Waals surface area contributed by atoms with E-state index in [4.69, 9.17) is 16.3 Å². The van der Waals surface area contributed by atoms with Gasteiger partial charge in [-0.1, -0.05) is 11.6 Å². The molecular weight excluding hydrogens is 378 g/mol. The van der Waals surface area contributed by atoms with E-state index in [1.165, 1.54) is 0 Å². The first-order valence-electron chi connectivity index (χ1n) is 9.10. The zero-order valence-electron chi connectivity index (χ0n) is 15.4. The summed E-state index contributed by atoms with van der Waals surface area (Å²) < 4.78 is 5.15. The summed E-state index contributed by atoms with van der Waals surface area (Å²) in [4.78, 5) is 27.8. The number of hydrogen-bond donors (Lipinski definition) is 1. The number of nitrogens with one attached hydrogen (secondary N) is 1. The van der Waals surface area contributed by atoms with E-state index in [9.17, 15) is 4.79 Å². The Morgan fingerprint density at radius 1 is 1.25 bits per heavy atom. The van der Waals surface area contributed by atoms with Crippen LogP contribution in [0, 0.1) is 5.92 Å². The Morgan fingerprint density at radius 3 is 2.93 bits per heavy atom. The number of aromatic nitrogens is 3. The van der Waals surface area contributed by atoms with Crippen molar-refractivity contribution in [1.29, 1.82) is 0 Å². The van der Waals surface area contributed by atoms with Crippen molar-refractivity contribution in [3.8, 4) is 5.75 Å². The van der Waals surface area contributed by atoms with Crippen LogP contribution >= 0.6 is 11.6 Å². The van der Waals surface area contributed by atoms with E-state index >= 15 is 0 Å². The molecule has 28 heavy (non-hydrogen) atoms. The molecule has 0 spiro atoms. The fourth-order valence-electron chi connectivity index (χ4n) is 3.43. The molecule has 4 rings (SSSR count). The number of methoxy groups -OCH3 is 1. The molecule has 0 aliphatic carbocycles. The van der Waals surface area contributed by atoms with Gasteiger partial charge in [0.2, 0.25) is 5.91 Å². The lowest BCUT2D eigenvalue weighted by Gasteiger charge is -2.33. The van der Waals surface area contributed by atoms with Crippen molar-refractivity contribution < 1.29 is 9.53 Å². The number of piperidine rings is 1. The smallest absolute Gasteiger partial charge is 0.229 e. The molecule has 144 valence electrons. The Labute approximate surface area is 167 Å². The lowest BCUT2D eigenvalue weighted by molar-refractivity contribution is -0.120. The third-order valence-electron chi connectivity index (χ3n) is 4.89.